The van der Waals surface area contributed by atoms with Crippen LogP contribution in [0.4, 0.5) is 5.95 Å². The third-order valence-electron chi connectivity index (χ3n) is 6.27. The Labute approximate surface area is 209 Å². The van der Waals surface area contributed by atoms with Gasteiger partial charge >= 0.3 is 5.97 Å². The second kappa shape index (κ2) is 10.9. The topological polar surface area (TPSA) is 101 Å². The fraction of sp³-hybridized carbons (Fsp3) is 0.423. The van der Waals surface area contributed by atoms with Crippen LogP contribution in [0.25, 0.3) is 11.0 Å². The van der Waals surface area contributed by atoms with Crippen LogP contribution in [-0.2, 0) is 19.1 Å². The van der Waals surface area contributed by atoms with Crippen molar-refractivity contribution in [2.24, 2.45) is 5.92 Å². The van der Waals surface area contributed by atoms with Gasteiger partial charge in [-0.2, -0.15) is 0 Å². The number of fused-ring (bicyclic) bond motifs is 3. The minimum atomic E-state index is -1.18. The maximum atomic E-state index is 14.0. The zero-order chi connectivity index (χ0) is 25.8. The Morgan fingerprint density at radius 2 is 1.75 bits per heavy atom. The van der Waals surface area contributed by atoms with Gasteiger partial charge < -0.3 is 28.3 Å². The lowest BCUT2D eigenvalue weighted by Gasteiger charge is -2.38. The number of hydrogen-bond acceptors (Lipinski definition) is 8. The summed E-state index contributed by atoms with van der Waals surface area (Å²) in [5.74, 6) is -0.561. The molecule has 2 heterocycles. The summed E-state index contributed by atoms with van der Waals surface area (Å²) in [4.78, 5) is 33.7. The number of para-hydroxylation sites is 2. The summed E-state index contributed by atoms with van der Waals surface area (Å²) in [7, 11) is 6.15. The number of rotatable bonds is 10. The molecule has 2 aromatic carbocycles. The molecular formula is C26H31N3O7. The highest BCUT2D eigenvalue weighted by Crippen LogP contribution is 2.48. The molecule has 0 spiro atoms. The molecule has 0 saturated heterocycles. The average molecular weight is 498 g/mol. The predicted molar refractivity (Wildman–Crippen MR) is 133 cm³/mol. The van der Waals surface area contributed by atoms with Crippen LogP contribution in [0, 0.1) is 5.92 Å². The Morgan fingerprint density at radius 1 is 1.00 bits per heavy atom. The van der Waals surface area contributed by atoms with E-state index in [1.54, 1.807) is 31.1 Å². The maximum absolute atomic E-state index is 14.0. The van der Waals surface area contributed by atoms with Crippen molar-refractivity contribution in [3.8, 4) is 17.2 Å². The molecule has 10 nitrogen and oxygen atoms in total. The number of anilines is 1. The van der Waals surface area contributed by atoms with Gasteiger partial charge in [0.25, 0.3) is 0 Å². The summed E-state index contributed by atoms with van der Waals surface area (Å²) in [6.07, 6.45) is 0.575. The fourth-order valence-electron chi connectivity index (χ4n) is 4.76. The summed E-state index contributed by atoms with van der Waals surface area (Å²) >= 11 is 0. The first-order chi connectivity index (χ1) is 17.5. The van der Waals surface area contributed by atoms with E-state index in [0.29, 0.717) is 53.8 Å². The normalized spacial score (nSPS) is 17.1. The van der Waals surface area contributed by atoms with Gasteiger partial charge in [-0.05, 0) is 37.6 Å². The fourth-order valence-corrected chi connectivity index (χ4v) is 4.76. The van der Waals surface area contributed by atoms with Gasteiger partial charge in [0.1, 0.15) is 0 Å². The third kappa shape index (κ3) is 4.21. The van der Waals surface area contributed by atoms with Gasteiger partial charge in [0.05, 0.1) is 45.0 Å². The Bertz CT molecular complexity index is 1260. The van der Waals surface area contributed by atoms with Crippen LogP contribution in [0.1, 0.15) is 24.9 Å². The van der Waals surface area contributed by atoms with E-state index in [0.717, 1.165) is 5.52 Å². The molecule has 1 aliphatic rings. The zero-order valence-corrected chi connectivity index (χ0v) is 21.1. The quantitative estimate of drug-likeness (QED) is 0.239. The van der Waals surface area contributed by atoms with Gasteiger partial charge in [-0.1, -0.05) is 12.1 Å². The minimum Gasteiger partial charge on any atom is -0.493 e. The van der Waals surface area contributed by atoms with Crippen LogP contribution < -0.4 is 19.1 Å². The molecule has 1 aromatic heterocycles. The maximum Gasteiger partial charge on any atom is 0.321 e. The molecule has 10 heteroatoms. The molecule has 4 rings (SSSR count). The van der Waals surface area contributed by atoms with Gasteiger partial charge in [-0.3, -0.25) is 14.5 Å². The SMILES string of the molecule is CCOC(=O)[C@@H]1C(=O)N(CCCOC)c2nc3ccccc3n2[C@H]1c1ccc(OC)c(OC)c1OC. The lowest BCUT2D eigenvalue weighted by Crippen LogP contribution is -2.50. The van der Waals surface area contributed by atoms with Crippen molar-refractivity contribution >= 4 is 28.9 Å². The number of hydrogen-bond donors (Lipinski definition) is 0. The highest BCUT2D eigenvalue weighted by atomic mass is 16.5. The molecule has 0 aliphatic carbocycles. The number of esters is 1. The molecule has 0 unspecified atom stereocenters. The summed E-state index contributed by atoms with van der Waals surface area (Å²) in [6, 6.07) is 10.3. The highest BCUT2D eigenvalue weighted by molar-refractivity contribution is 6.08. The van der Waals surface area contributed by atoms with Crippen molar-refractivity contribution in [1.29, 1.82) is 0 Å². The van der Waals surface area contributed by atoms with Crippen molar-refractivity contribution < 1.29 is 33.3 Å². The van der Waals surface area contributed by atoms with Gasteiger partial charge in [0, 0.05) is 25.8 Å². The molecule has 192 valence electrons. The van der Waals surface area contributed by atoms with E-state index in [-0.39, 0.29) is 6.61 Å². The van der Waals surface area contributed by atoms with E-state index >= 15 is 0 Å². The van der Waals surface area contributed by atoms with E-state index in [1.807, 2.05) is 28.8 Å². The van der Waals surface area contributed by atoms with Gasteiger partial charge in [0.2, 0.25) is 17.6 Å². The van der Waals surface area contributed by atoms with Crippen LogP contribution >= 0.6 is 0 Å². The second-order valence-electron chi connectivity index (χ2n) is 8.20. The van der Waals surface area contributed by atoms with Crippen molar-refractivity contribution in [2.45, 2.75) is 19.4 Å². The predicted octanol–water partition coefficient (Wildman–Crippen LogP) is 3.21. The number of aromatic nitrogens is 2. The molecule has 0 radical (unpaired) electrons. The summed E-state index contributed by atoms with van der Waals surface area (Å²) in [5, 5.41) is 0. The van der Waals surface area contributed by atoms with Gasteiger partial charge in [-0.15, -0.1) is 0 Å². The first-order valence-corrected chi connectivity index (χ1v) is 11.7. The Hall–Kier alpha value is -3.79. The first kappa shape index (κ1) is 25.3. The smallest absolute Gasteiger partial charge is 0.321 e. The van der Waals surface area contributed by atoms with Crippen LogP contribution in [-0.4, -0.2) is 69.6 Å². The minimum absolute atomic E-state index is 0.139. The summed E-state index contributed by atoms with van der Waals surface area (Å²) in [5.41, 5.74) is 2.04. The number of benzene rings is 2. The van der Waals surface area contributed by atoms with E-state index in [9.17, 15) is 9.59 Å². The van der Waals surface area contributed by atoms with Crippen molar-refractivity contribution in [1.82, 2.24) is 9.55 Å². The third-order valence-corrected chi connectivity index (χ3v) is 6.27. The molecule has 1 amide bonds. The first-order valence-electron chi connectivity index (χ1n) is 11.7. The van der Waals surface area contributed by atoms with E-state index < -0.39 is 23.8 Å². The number of carbonyl (C=O) groups excluding carboxylic acids is 2. The molecule has 0 fully saturated rings. The molecular weight excluding hydrogens is 466 g/mol. The number of nitrogens with zero attached hydrogens (tertiary/aromatic N) is 3. The van der Waals surface area contributed by atoms with Crippen LogP contribution in [0.2, 0.25) is 0 Å². The Kier molecular flexibility index (Phi) is 7.64. The van der Waals surface area contributed by atoms with E-state index in [4.69, 9.17) is 28.7 Å². The summed E-state index contributed by atoms with van der Waals surface area (Å²) in [6.45, 7) is 2.65. The molecule has 36 heavy (non-hydrogen) atoms. The number of carbonyl (C=O) groups is 2. The molecule has 0 bridgehead atoms. The highest BCUT2D eigenvalue weighted by Gasteiger charge is 2.49. The van der Waals surface area contributed by atoms with Crippen LogP contribution in [0.3, 0.4) is 0 Å². The second-order valence-corrected chi connectivity index (χ2v) is 8.20. The van der Waals surface area contributed by atoms with E-state index in [1.165, 1.54) is 21.3 Å². The lowest BCUT2D eigenvalue weighted by atomic mass is 9.88. The monoisotopic (exact) mass is 497 g/mol. The molecule has 2 atom stereocenters. The van der Waals surface area contributed by atoms with Gasteiger partial charge in [0.15, 0.2) is 17.4 Å². The Morgan fingerprint density at radius 3 is 2.42 bits per heavy atom. The van der Waals surface area contributed by atoms with Crippen LogP contribution in [0.5, 0.6) is 17.2 Å². The van der Waals surface area contributed by atoms with Crippen molar-refractivity contribution in [2.75, 3.05) is 53.1 Å². The van der Waals surface area contributed by atoms with Crippen molar-refractivity contribution in [3.05, 3.63) is 42.0 Å². The lowest BCUT2D eigenvalue weighted by molar-refractivity contribution is -0.153. The zero-order valence-electron chi connectivity index (χ0n) is 21.1. The largest absolute Gasteiger partial charge is 0.493 e. The molecule has 0 N–H and O–H groups in total. The number of amides is 1. The Balaban J connectivity index is 2.02. The van der Waals surface area contributed by atoms with Gasteiger partial charge in [-0.25, -0.2) is 4.98 Å². The number of ether oxygens (including phenoxy) is 5. The number of imidazole rings is 1. The van der Waals surface area contributed by atoms with Crippen molar-refractivity contribution in [3.63, 3.8) is 0 Å². The molecule has 0 saturated carbocycles. The standard InChI is InChI=1S/C26H31N3O7/c1-6-36-25(31)20-21(16-12-13-19(33-3)23(35-5)22(16)34-4)29-18-11-8-7-10-17(18)27-26(29)28(24(20)30)14-9-15-32-2/h7-8,10-13,20-21H,6,9,14-15H2,1-5H3/t20-,21-/m0/s1. The number of methoxy groups -OCH3 is 4. The molecule has 1 aliphatic heterocycles. The average Bonchev–Trinajstić information content (AvgIpc) is 3.27. The summed E-state index contributed by atoms with van der Waals surface area (Å²) < 4.78 is 29.3. The van der Waals surface area contributed by atoms with E-state index in [2.05, 4.69) is 0 Å². The van der Waals surface area contributed by atoms with Crippen LogP contribution in [0.15, 0.2) is 36.4 Å². The molecule has 3 aromatic rings.